The zero-order valence-electron chi connectivity index (χ0n) is 10.9. The third-order valence-corrected chi connectivity index (χ3v) is 4.34. The van der Waals surface area contributed by atoms with Crippen molar-refractivity contribution in [3.05, 3.63) is 33.5 Å². The number of nitrogens with one attached hydrogen (secondary N) is 1. The van der Waals surface area contributed by atoms with E-state index in [9.17, 15) is 4.79 Å². The van der Waals surface area contributed by atoms with Gasteiger partial charge in [-0.3, -0.25) is 0 Å². The van der Waals surface area contributed by atoms with Gasteiger partial charge in [-0.05, 0) is 24.8 Å². The van der Waals surface area contributed by atoms with Crippen LogP contribution in [0.4, 0.5) is 5.13 Å². The molecule has 2 rings (SSSR count). The second-order valence-electron chi connectivity index (χ2n) is 3.88. The second kappa shape index (κ2) is 6.68. The predicted molar refractivity (Wildman–Crippen MR) is 79.0 cm³/mol. The average molecular weight is 296 g/mol. The van der Waals surface area contributed by atoms with Crippen molar-refractivity contribution in [2.45, 2.75) is 26.3 Å². The van der Waals surface area contributed by atoms with Crippen LogP contribution in [-0.4, -0.2) is 17.6 Å². The van der Waals surface area contributed by atoms with E-state index in [-0.39, 0.29) is 12.0 Å². The van der Waals surface area contributed by atoms with Gasteiger partial charge in [-0.1, -0.05) is 13.0 Å². The fourth-order valence-electron chi connectivity index (χ4n) is 1.65. The van der Waals surface area contributed by atoms with E-state index in [1.807, 2.05) is 6.07 Å². The fraction of sp³-hybridized carbons (Fsp3) is 0.385. The third-order valence-electron chi connectivity index (χ3n) is 2.58. The van der Waals surface area contributed by atoms with Crippen LogP contribution in [0.25, 0.3) is 0 Å². The number of carbonyl (C=O) groups excluding carboxylic acids is 1. The summed E-state index contributed by atoms with van der Waals surface area (Å²) in [5, 5.41) is 7.90. The fourth-order valence-corrected chi connectivity index (χ4v) is 3.25. The highest BCUT2D eigenvalue weighted by Gasteiger charge is 2.15. The number of esters is 1. The molecule has 19 heavy (non-hydrogen) atoms. The van der Waals surface area contributed by atoms with Crippen molar-refractivity contribution in [1.82, 2.24) is 4.98 Å². The first-order chi connectivity index (χ1) is 9.24. The number of carbonyl (C=O) groups is 1. The highest BCUT2D eigenvalue weighted by molar-refractivity contribution is 7.14. The summed E-state index contributed by atoms with van der Waals surface area (Å²) >= 11 is 3.15. The maximum atomic E-state index is 11.5. The molecule has 1 unspecified atom stereocenters. The van der Waals surface area contributed by atoms with E-state index in [4.69, 9.17) is 4.74 Å². The van der Waals surface area contributed by atoms with Gasteiger partial charge in [0.05, 0.1) is 12.6 Å². The first kappa shape index (κ1) is 14.0. The minimum atomic E-state index is -0.365. The summed E-state index contributed by atoms with van der Waals surface area (Å²) in [7, 11) is 0. The molecular weight excluding hydrogens is 280 g/mol. The molecule has 0 aliphatic heterocycles. The molecule has 0 bridgehead atoms. The lowest BCUT2D eigenvalue weighted by Crippen LogP contribution is -2.09. The molecule has 2 aromatic rings. The monoisotopic (exact) mass is 296 g/mol. The first-order valence-corrected chi connectivity index (χ1v) is 7.93. The number of rotatable bonds is 6. The quantitative estimate of drug-likeness (QED) is 0.820. The van der Waals surface area contributed by atoms with Gasteiger partial charge in [0.15, 0.2) is 10.8 Å². The van der Waals surface area contributed by atoms with Crippen molar-refractivity contribution in [2.24, 2.45) is 0 Å². The van der Waals surface area contributed by atoms with Gasteiger partial charge < -0.3 is 10.1 Å². The van der Waals surface area contributed by atoms with E-state index < -0.39 is 0 Å². The van der Waals surface area contributed by atoms with Crippen molar-refractivity contribution in [3.63, 3.8) is 0 Å². The van der Waals surface area contributed by atoms with Crippen LogP contribution in [0.5, 0.6) is 0 Å². The maximum absolute atomic E-state index is 11.5. The number of thiazole rings is 1. The molecule has 0 aliphatic carbocycles. The van der Waals surface area contributed by atoms with Crippen LogP contribution in [0.3, 0.4) is 0 Å². The highest BCUT2D eigenvalue weighted by Crippen LogP contribution is 2.27. The number of ether oxygens (including phenoxy) is 1. The average Bonchev–Trinajstić information content (AvgIpc) is 3.07. The zero-order chi connectivity index (χ0) is 13.7. The van der Waals surface area contributed by atoms with Crippen molar-refractivity contribution >= 4 is 33.8 Å². The number of aromatic nitrogens is 1. The Hall–Kier alpha value is -1.40. The van der Waals surface area contributed by atoms with E-state index in [2.05, 4.69) is 28.7 Å². The van der Waals surface area contributed by atoms with E-state index in [1.165, 1.54) is 16.2 Å². The largest absolute Gasteiger partial charge is 0.461 e. The van der Waals surface area contributed by atoms with Crippen LogP contribution in [0.2, 0.25) is 0 Å². The van der Waals surface area contributed by atoms with Crippen molar-refractivity contribution in [2.75, 3.05) is 11.9 Å². The van der Waals surface area contributed by atoms with Gasteiger partial charge >= 0.3 is 5.97 Å². The first-order valence-electron chi connectivity index (χ1n) is 6.17. The molecule has 0 spiro atoms. The molecule has 4 nitrogen and oxygen atoms in total. The number of hydrogen-bond acceptors (Lipinski definition) is 6. The van der Waals surface area contributed by atoms with Crippen molar-refractivity contribution < 1.29 is 9.53 Å². The number of nitrogens with zero attached hydrogens (tertiary/aromatic N) is 1. The lowest BCUT2D eigenvalue weighted by molar-refractivity contribution is 0.0520. The highest BCUT2D eigenvalue weighted by atomic mass is 32.1. The molecule has 0 aliphatic rings. The number of anilines is 1. The SMILES string of the molecule is CCOC(=O)c1csc(NC(CC)c2cccs2)n1. The molecule has 6 heteroatoms. The van der Waals surface area contributed by atoms with Crippen LogP contribution in [-0.2, 0) is 4.74 Å². The summed E-state index contributed by atoms with van der Waals surface area (Å²) in [4.78, 5) is 17.1. The molecule has 102 valence electrons. The number of hydrogen-bond donors (Lipinski definition) is 1. The molecule has 0 radical (unpaired) electrons. The molecule has 2 heterocycles. The summed E-state index contributed by atoms with van der Waals surface area (Å²) in [6, 6.07) is 4.38. The lowest BCUT2D eigenvalue weighted by atomic mass is 10.2. The zero-order valence-corrected chi connectivity index (χ0v) is 12.5. The van der Waals surface area contributed by atoms with Crippen molar-refractivity contribution in [1.29, 1.82) is 0 Å². The van der Waals surface area contributed by atoms with Gasteiger partial charge in [0.25, 0.3) is 0 Å². The van der Waals surface area contributed by atoms with Crippen molar-refractivity contribution in [3.8, 4) is 0 Å². The van der Waals surface area contributed by atoms with Gasteiger partial charge in [0, 0.05) is 10.3 Å². The standard InChI is InChI=1S/C13H16N2O2S2/c1-3-9(11-6-5-7-18-11)14-13-15-10(8-19-13)12(16)17-4-2/h5-9H,3-4H2,1-2H3,(H,14,15). The smallest absolute Gasteiger partial charge is 0.357 e. The number of thiophene rings is 1. The Bertz CT molecular complexity index is 522. The molecule has 1 N–H and O–H groups in total. The molecule has 0 fully saturated rings. The normalized spacial score (nSPS) is 12.1. The van der Waals surface area contributed by atoms with E-state index in [1.54, 1.807) is 23.6 Å². The summed E-state index contributed by atoms with van der Waals surface area (Å²) < 4.78 is 4.92. The summed E-state index contributed by atoms with van der Waals surface area (Å²) in [5.41, 5.74) is 0.371. The molecule has 1 atom stereocenters. The Kier molecular flexibility index (Phi) is 4.93. The van der Waals surface area contributed by atoms with Gasteiger partial charge in [0.2, 0.25) is 0 Å². The van der Waals surface area contributed by atoms with Crippen LogP contribution in [0.15, 0.2) is 22.9 Å². The van der Waals surface area contributed by atoms with Crippen LogP contribution < -0.4 is 5.32 Å². The molecule has 2 aromatic heterocycles. The minimum absolute atomic E-state index is 0.237. The second-order valence-corrected chi connectivity index (χ2v) is 5.72. The molecule has 0 aromatic carbocycles. The third kappa shape index (κ3) is 3.54. The van der Waals surface area contributed by atoms with Crippen LogP contribution in [0.1, 0.15) is 41.7 Å². The van der Waals surface area contributed by atoms with Gasteiger partial charge in [-0.2, -0.15) is 0 Å². The summed E-state index contributed by atoms with van der Waals surface area (Å²) in [6.45, 7) is 4.27. The Morgan fingerprint density at radius 1 is 1.47 bits per heavy atom. The van der Waals surface area contributed by atoms with Gasteiger partial charge in [0.1, 0.15) is 0 Å². The predicted octanol–water partition coefficient (Wildman–Crippen LogP) is 3.94. The summed E-state index contributed by atoms with van der Waals surface area (Å²) in [6.07, 6.45) is 0.967. The maximum Gasteiger partial charge on any atom is 0.357 e. The van der Waals surface area contributed by atoms with Crippen LogP contribution in [0, 0.1) is 0 Å². The molecule has 0 saturated heterocycles. The Labute approximate surface area is 120 Å². The van der Waals surface area contributed by atoms with Gasteiger partial charge in [-0.15, -0.1) is 22.7 Å². The minimum Gasteiger partial charge on any atom is -0.461 e. The van der Waals surface area contributed by atoms with E-state index in [0.717, 1.165) is 11.6 Å². The Morgan fingerprint density at radius 2 is 2.32 bits per heavy atom. The van der Waals surface area contributed by atoms with Crippen LogP contribution >= 0.6 is 22.7 Å². The van der Waals surface area contributed by atoms with E-state index >= 15 is 0 Å². The Balaban J connectivity index is 2.04. The lowest BCUT2D eigenvalue weighted by Gasteiger charge is -2.14. The molecular formula is C13H16N2O2S2. The van der Waals surface area contributed by atoms with Gasteiger partial charge in [-0.25, -0.2) is 9.78 Å². The Morgan fingerprint density at radius 3 is 2.95 bits per heavy atom. The van der Waals surface area contributed by atoms with E-state index in [0.29, 0.717) is 12.3 Å². The molecule has 0 saturated carbocycles. The summed E-state index contributed by atoms with van der Waals surface area (Å²) in [5.74, 6) is -0.365. The molecule has 0 amide bonds. The topological polar surface area (TPSA) is 51.2 Å².